The summed E-state index contributed by atoms with van der Waals surface area (Å²) in [6, 6.07) is 5.41. The van der Waals surface area contributed by atoms with Gasteiger partial charge in [0.2, 0.25) is 0 Å². The molecular formula is C14H14BrNO2. The standard InChI is InChI=1S/C14H14BrNO2/c15-10-5-6-11-12(7-10)16(14(18)13(11)17)8-9-3-1-2-4-9/h5-7,9H,1-4,8H2. The van der Waals surface area contributed by atoms with Crippen LogP contribution in [0.5, 0.6) is 0 Å². The number of rotatable bonds is 2. The molecule has 0 atom stereocenters. The molecule has 3 rings (SSSR count). The smallest absolute Gasteiger partial charge is 0.299 e. The normalized spacial score (nSPS) is 19.7. The number of ketones is 1. The Labute approximate surface area is 114 Å². The highest BCUT2D eigenvalue weighted by atomic mass is 79.9. The lowest BCUT2D eigenvalue weighted by atomic mass is 10.1. The van der Waals surface area contributed by atoms with Crippen LogP contribution >= 0.6 is 15.9 Å². The summed E-state index contributed by atoms with van der Waals surface area (Å²) in [4.78, 5) is 25.6. The summed E-state index contributed by atoms with van der Waals surface area (Å²) in [7, 11) is 0. The minimum absolute atomic E-state index is 0.365. The molecule has 3 nitrogen and oxygen atoms in total. The monoisotopic (exact) mass is 307 g/mol. The van der Waals surface area contributed by atoms with Crippen LogP contribution < -0.4 is 4.90 Å². The molecule has 4 heteroatoms. The van der Waals surface area contributed by atoms with E-state index in [2.05, 4.69) is 15.9 Å². The molecule has 0 radical (unpaired) electrons. The number of carbonyl (C=O) groups is 2. The molecule has 0 bridgehead atoms. The topological polar surface area (TPSA) is 37.4 Å². The molecule has 0 unspecified atom stereocenters. The van der Waals surface area contributed by atoms with Crippen LogP contribution in [-0.4, -0.2) is 18.2 Å². The van der Waals surface area contributed by atoms with Crippen molar-refractivity contribution in [2.45, 2.75) is 25.7 Å². The quantitative estimate of drug-likeness (QED) is 0.787. The summed E-state index contributed by atoms with van der Waals surface area (Å²) in [6.07, 6.45) is 4.82. The van der Waals surface area contributed by atoms with Gasteiger partial charge < -0.3 is 4.90 Å². The number of hydrogen-bond acceptors (Lipinski definition) is 2. The largest absolute Gasteiger partial charge is 0.304 e. The molecule has 1 aliphatic carbocycles. The number of halogens is 1. The second-order valence-electron chi connectivity index (χ2n) is 5.06. The summed E-state index contributed by atoms with van der Waals surface area (Å²) in [5.41, 5.74) is 1.31. The lowest BCUT2D eigenvalue weighted by Crippen LogP contribution is -2.33. The fraction of sp³-hybridized carbons (Fsp3) is 0.429. The number of carbonyl (C=O) groups excluding carboxylic acids is 2. The third-order valence-electron chi connectivity index (χ3n) is 3.85. The SMILES string of the molecule is O=C1C(=O)N(CC2CCCC2)c2cc(Br)ccc21. The molecule has 18 heavy (non-hydrogen) atoms. The Balaban J connectivity index is 1.93. The maximum absolute atomic E-state index is 12.0. The van der Waals surface area contributed by atoms with Gasteiger partial charge >= 0.3 is 0 Å². The first kappa shape index (κ1) is 11.9. The van der Waals surface area contributed by atoms with E-state index in [1.54, 1.807) is 11.0 Å². The molecule has 1 heterocycles. The number of anilines is 1. The van der Waals surface area contributed by atoms with Crippen LogP contribution in [0.4, 0.5) is 5.69 Å². The van der Waals surface area contributed by atoms with Crippen molar-refractivity contribution in [1.82, 2.24) is 0 Å². The number of hydrogen-bond donors (Lipinski definition) is 0. The van der Waals surface area contributed by atoms with E-state index < -0.39 is 0 Å². The average Bonchev–Trinajstić information content (AvgIpc) is 2.93. The van der Waals surface area contributed by atoms with Crippen LogP contribution in [0.2, 0.25) is 0 Å². The van der Waals surface area contributed by atoms with Gasteiger partial charge in [-0.05, 0) is 37.0 Å². The van der Waals surface area contributed by atoms with Gasteiger partial charge in [0, 0.05) is 11.0 Å². The molecule has 94 valence electrons. The van der Waals surface area contributed by atoms with Crippen molar-refractivity contribution in [3.8, 4) is 0 Å². The van der Waals surface area contributed by atoms with Crippen molar-refractivity contribution >= 4 is 33.3 Å². The summed E-state index contributed by atoms with van der Waals surface area (Å²) >= 11 is 3.40. The van der Waals surface area contributed by atoms with Gasteiger partial charge in [-0.15, -0.1) is 0 Å². The van der Waals surface area contributed by atoms with Crippen molar-refractivity contribution < 1.29 is 9.59 Å². The van der Waals surface area contributed by atoms with Gasteiger partial charge in [-0.3, -0.25) is 9.59 Å². The molecule has 1 aliphatic heterocycles. The maximum Gasteiger partial charge on any atom is 0.299 e. The Kier molecular flexibility index (Phi) is 2.98. The molecule has 1 amide bonds. The molecule has 1 aromatic rings. The van der Waals surface area contributed by atoms with E-state index in [4.69, 9.17) is 0 Å². The Morgan fingerprint density at radius 1 is 1.22 bits per heavy atom. The molecule has 0 aromatic heterocycles. The van der Waals surface area contributed by atoms with Gasteiger partial charge in [-0.2, -0.15) is 0 Å². The molecule has 1 aromatic carbocycles. The van der Waals surface area contributed by atoms with Gasteiger partial charge in [0.15, 0.2) is 0 Å². The van der Waals surface area contributed by atoms with Crippen LogP contribution in [0, 0.1) is 5.92 Å². The Morgan fingerprint density at radius 3 is 2.67 bits per heavy atom. The highest BCUT2D eigenvalue weighted by Crippen LogP contribution is 2.34. The Morgan fingerprint density at radius 2 is 1.94 bits per heavy atom. The third-order valence-corrected chi connectivity index (χ3v) is 4.34. The molecule has 0 saturated heterocycles. The summed E-state index contributed by atoms with van der Waals surface area (Å²) in [5.74, 6) is -0.183. The van der Waals surface area contributed by atoms with Crippen LogP contribution in [-0.2, 0) is 4.79 Å². The van der Waals surface area contributed by atoms with Gasteiger partial charge in [-0.1, -0.05) is 28.8 Å². The van der Waals surface area contributed by atoms with Crippen molar-refractivity contribution in [2.24, 2.45) is 5.92 Å². The van der Waals surface area contributed by atoms with Gasteiger partial charge in [0.1, 0.15) is 0 Å². The molecule has 0 spiro atoms. The lowest BCUT2D eigenvalue weighted by molar-refractivity contribution is -0.114. The lowest BCUT2D eigenvalue weighted by Gasteiger charge is -2.20. The minimum atomic E-state index is -0.366. The van der Waals surface area contributed by atoms with Crippen LogP contribution in [0.15, 0.2) is 22.7 Å². The third kappa shape index (κ3) is 1.88. The second-order valence-corrected chi connectivity index (χ2v) is 5.97. The van der Waals surface area contributed by atoms with Gasteiger partial charge in [0.25, 0.3) is 11.7 Å². The van der Waals surface area contributed by atoms with Crippen LogP contribution in [0.1, 0.15) is 36.0 Å². The Bertz CT molecular complexity index is 521. The highest BCUT2D eigenvalue weighted by molar-refractivity contribution is 9.10. The molecular weight excluding hydrogens is 294 g/mol. The van der Waals surface area contributed by atoms with Gasteiger partial charge in [0.05, 0.1) is 11.3 Å². The second kappa shape index (κ2) is 4.50. The zero-order valence-corrected chi connectivity index (χ0v) is 11.6. The molecule has 0 N–H and O–H groups in total. The number of fused-ring (bicyclic) bond motifs is 1. The van der Waals surface area contributed by atoms with E-state index in [0.29, 0.717) is 18.0 Å². The maximum atomic E-state index is 12.0. The van der Waals surface area contributed by atoms with E-state index in [9.17, 15) is 9.59 Å². The number of Topliss-reactive ketones (excluding diaryl/α,β-unsaturated/α-hetero) is 1. The van der Waals surface area contributed by atoms with E-state index >= 15 is 0 Å². The fourth-order valence-corrected chi connectivity index (χ4v) is 3.25. The van der Waals surface area contributed by atoms with Crippen molar-refractivity contribution in [2.75, 3.05) is 11.4 Å². The molecule has 2 aliphatic rings. The molecule has 1 fully saturated rings. The zero-order valence-electron chi connectivity index (χ0n) is 9.99. The van der Waals surface area contributed by atoms with Gasteiger partial charge in [-0.25, -0.2) is 0 Å². The average molecular weight is 308 g/mol. The van der Waals surface area contributed by atoms with Crippen molar-refractivity contribution in [3.63, 3.8) is 0 Å². The molecule has 1 saturated carbocycles. The van der Waals surface area contributed by atoms with E-state index in [1.807, 2.05) is 12.1 Å². The fourth-order valence-electron chi connectivity index (χ4n) is 2.90. The first-order valence-corrected chi connectivity index (χ1v) is 7.12. The van der Waals surface area contributed by atoms with Crippen LogP contribution in [0.25, 0.3) is 0 Å². The van der Waals surface area contributed by atoms with Crippen molar-refractivity contribution in [3.05, 3.63) is 28.2 Å². The van der Waals surface area contributed by atoms with E-state index in [0.717, 1.165) is 10.2 Å². The number of benzene rings is 1. The Hall–Kier alpha value is -1.16. The predicted molar refractivity (Wildman–Crippen MR) is 72.8 cm³/mol. The van der Waals surface area contributed by atoms with E-state index in [1.165, 1.54) is 25.7 Å². The number of nitrogens with zero attached hydrogens (tertiary/aromatic N) is 1. The summed E-state index contributed by atoms with van der Waals surface area (Å²) in [6.45, 7) is 0.689. The first-order valence-electron chi connectivity index (χ1n) is 6.32. The minimum Gasteiger partial charge on any atom is -0.304 e. The van der Waals surface area contributed by atoms with Crippen molar-refractivity contribution in [1.29, 1.82) is 0 Å². The predicted octanol–water partition coefficient (Wildman–Crippen LogP) is 3.17. The first-order chi connectivity index (χ1) is 8.66. The highest BCUT2D eigenvalue weighted by Gasteiger charge is 2.37. The number of amides is 1. The summed E-state index contributed by atoms with van der Waals surface area (Å²) < 4.78 is 0.903. The summed E-state index contributed by atoms with van der Waals surface area (Å²) in [5, 5.41) is 0. The zero-order chi connectivity index (χ0) is 12.7. The van der Waals surface area contributed by atoms with Crippen LogP contribution in [0.3, 0.4) is 0 Å². The van der Waals surface area contributed by atoms with E-state index in [-0.39, 0.29) is 11.7 Å².